The molecule has 1 radical (unpaired) electrons. The fraction of sp³-hybridized carbons (Fsp3) is 0.333. The molecule has 1 N–H and O–H groups in total. The molecule has 0 aliphatic carbocycles. The Morgan fingerprint density at radius 2 is 2.36 bits per heavy atom. The maximum absolute atomic E-state index is 3.34. The number of nitrogens with one attached hydrogen (secondary N) is 1. The summed E-state index contributed by atoms with van der Waals surface area (Å²) in [5.74, 6) is 0. The first-order chi connectivity index (χ1) is 4.97. The van der Waals surface area contributed by atoms with E-state index in [0.717, 1.165) is 6.54 Å². The van der Waals surface area contributed by atoms with Gasteiger partial charge in [0.15, 0.2) is 0 Å². The van der Waals surface area contributed by atoms with Gasteiger partial charge in [0.25, 0.3) is 0 Å². The molecule has 0 bridgehead atoms. The van der Waals surface area contributed by atoms with Gasteiger partial charge >= 0.3 is 0 Å². The minimum Gasteiger partial charge on any atom is -0.406 e. The van der Waals surface area contributed by atoms with E-state index in [2.05, 4.69) is 23.5 Å². The molecule has 1 aliphatic rings. The maximum Gasteiger partial charge on any atom is 0.0119 e. The Kier molecular flexibility index (Phi) is 3.54. The third-order valence-corrected chi connectivity index (χ3v) is 1.89. The normalized spacial score (nSPS) is 14.2. The first-order valence-corrected chi connectivity index (χ1v) is 3.70. The predicted molar refractivity (Wildman–Crippen MR) is 42.1 cm³/mol. The third kappa shape index (κ3) is 2.03. The molecule has 1 aliphatic heterocycles. The van der Waals surface area contributed by atoms with E-state index < -0.39 is 0 Å². The van der Waals surface area contributed by atoms with E-state index in [-0.39, 0.29) is 32.7 Å². The van der Waals surface area contributed by atoms with Crippen molar-refractivity contribution < 1.29 is 32.7 Å². The van der Waals surface area contributed by atoms with Crippen LogP contribution in [0.25, 0.3) is 0 Å². The second-order valence-electron chi connectivity index (χ2n) is 2.61. The summed E-state index contributed by atoms with van der Waals surface area (Å²) in [6, 6.07) is 9.20. The van der Waals surface area contributed by atoms with Crippen molar-refractivity contribution >= 4 is 5.69 Å². The molecule has 0 saturated heterocycles. The Balaban J connectivity index is 0.000000605. The first-order valence-electron chi connectivity index (χ1n) is 3.70. The van der Waals surface area contributed by atoms with E-state index in [4.69, 9.17) is 0 Å². The molecule has 1 aromatic carbocycles. The van der Waals surface area contributed by atoms with E-state index in [9.17, 15) is 0 Å². The summed E-state index contributed by atoms with van der Waals surface area (Å²) in [5, 5.41) is 3.34. The van der Waals surface area contributed by atoms with Gasteiger partial charge in [-0.05, 0) is 6.42 Å². The van der Waals surface area contributed by atoms with Crippen molar-refractivity contribution in [2.24, 2.45) is 0 Å². The predicted octanol–water partition coefficient (Wildman–Crippen LogP) is 1.84. The van der Waals surface area contributed by atoms with Crippen molar-refractivity contribution in [2.45, 2.75) is 12.8 Å². The molecule has 1 aromatic rings. The van der Waals surface area contributed by atoms with Crippen LogP contribution in [0.5, 0.6) is 0 Å². The molecular formula is C9H10NY-. The van der Waals surface area contributed by atoms with Crippen LogP contribution in [0.1, 0.15) is 12.0 Å². The van der Waals surface area contributed by atoms with E-state index in [1.807, 2.05) is 6.07 Å². The van der Waals surface area contributed by atoms with E-state index >= 15 is 0 Å². The average Bonchev–Trinajstić information content (AvgIpc) is 2.05. The van der Waals surface area contributed by atoms with Crippen molar-refractivity contribution in [2.75, 3.05) is 11.9 Å². The van der Waals surface area contributed by atoms with Gasteiger partial charge in [-0.1, -0.05) is 12.1 Å². The average molecular weight is 221 g/mol. The van der Waals surface area contributed by atoms with Crippen LogP contribution >= 0.6 is 0 Å². The van der Waals surface area contributed by atoms with Gasteiger partial charge in [-0.25, -0.2) is 0 Å². The van der Waals surface area contributed by atoms with Gasteiger partial charge in [0.1, 0.15) is 0 Å². The summed E-state index contributed by atoms with van der Waals surface area (Å²) in [7, 11) is 0. The molecule has 0 aromatic heterocycles. The summed E-state index contributed by atoms with van der Waals surface area (Å²) >= 11 is 0. The van der Waals surface area contributed by atoms with Crippen molar-refractivity contribution in [1.29, 1.82) is 0 Å². The summed E-state index contributed by atoms with van der Waals surface area (Å²) < 4.78 is 0. The van der Waals surface area contributed by atoms with Gasteiger partial charge in [-0.3, -0.25) is 0 Å². The standard InChI is InChI=1S/C9H10N.Y/c1-2-6-9-8(4-1)5-3-7-10-9;/h2,4,6,10H,3,5,7H2;/q-1;. The molecule has 55 valence electrons. The smallest absolute Gasteiger partial charge is 0.0119 e. The van der Waals surface area contributed by atoms with Crippen LogP contribution in [-0.2, 0) is 39.1 Å². The minimum absolute atomic E-state index is 0. The summed E-state index contributed by atoms with van der Waals surface area (Å²) in [4.78, 5) is 0. The van der Waals surface area contributed by atoms with E-state index in [0.29, 0.717) is 0 Å². The Bertz CT molecular complexity index is 210. The summed E-state index contributed by atoms with van der Waals surface area (Å²) in [5.41, 5.74) is 2.71. The molecule has 0 fully saturated rings. The van der Waals surface area contributed by atoms with Gasteiger partial charge in [0, 0.05) is 39.3 Å². The molecule has 0 unspecified atom stereocenters. The zero-order chi connectivity index (χ0) is 6.81. The minimum atomic E-state index is 0. The second kappa shape index (κ2) is 4.22. The number of aryl methyl sites for hydroxylation is 1. The zero-order valence-corrected chi connectivity index (χ0v) is 9.27. The molecule has 0 amide bonds. The molecule has 1 heterocycles. The van der Waals surface area contributed by atoms with Crippen LogP contribution in [0, 0.1) is 6.07 Å². The molecule has 0 atom stereocenters. The number of hydrogen-bond acceptors (Lipinski definition) is 1. The summed E-state index contributed by atoms with van der Waals surface area (Å²) in [6.45, 7) is 1.12. The molecule has 2 rings (SSSR count). The zero-order valence-electron chi connectivity index (χ0n) is 6.43. The fourth-order valence-electron chi connectivity index (χ4n) is 1.35. The number of anilines is 1. The van der Waals surface area contributed by atoms with Crippen LogP contribution in [0.3, 0.4) is 0 Å². The Labute approximate surface area is 92.5 Å². The van der Waals surface area contributed by atoms with Crippen LogP contribution in [0.15, 0.2) is 18.2 Å². The fourth-order valence-corrected chi connectivity index (χ4v) is 1.35. The molecule has 0 spiro atoms. The van der Waals surface area contributed by atoms with Gasteiger partial charge in [-0.2, -0.15) is 18.2 Å². The first kappa shape index (κ1) is 9.21. The van der Waals surface area contributed by atoms with Crippen LogP contribution in [-0.4, -0.2) is 6.54 Å². The van der Waals surface area contributed by atoms with Gasteiger partial charge in [0.05, 0.1) is 0 Å². The van der Waals surface area contributed by atoms with E-state index in [1.54, 1.807) is 0 Å². The topological polar surface area (TPSA) is 12.0 Å². The Morgan fingerprint density at radius 1 is 1.45 bits per heavy atom. The maximum atomic E-state index is 3.34. The van der Waals surface area contributed by atoms with Crippen molar-refractivity contribution in [3.8, 4) is 0 Å². The van der Waals surface area contributed by atoms with Gasteiger partial charge < -0.3 is 5.32 Å². The molecule has 11 heavy (non-hydrogen) atoms. The van der Waals surface area contributed by atoms with Gasteiger partial charge in [0.2, 0.25) is 0 Å². The van der Waals surface area contributed by atoms with E-state index in [1.165, 1.54) is 24.1 Å². The van der Waals surface area contributed by atoms with Crippen molar-refractivity contribution in [3.05, 3.63) is 29.8 Å². The third-order valence-electron chi connectivity index (χ3n) is 1.89. The van der Waals surface area contributed by atoms with Gasteiger partial charge in [-0.15, -0.1) is 11.6 Å². The Morgan fingerprint density at radius 3 is 3.18 bits per heavy atom. The Hall–Kier alpha value is 0.124. The number of benzene rings is 1. The largest absolute Gasteiger partial charge is 0.406 e. The van der Waals surface area contributed by atoms with Crippen LogP contribution < -0.4 is 5.32 Å². The molecule has 1 nitrogen and oxygen atoms in total. The number of hydrogen-bond donors (Lipinski definition) is 1. The van der Waals surface area contributed by atoms with Crippen molar-refractivity contribution in [1.82, 2.24) is 0 Å². The van der Waals surface area contributed by atoms with Crippen molar-refractivity contribution in [3.63, 3.8) is 0 Å². The number of rotatable bonds is 0. The monoisotopic (exact) mass is 221 g/mol. The molecular weight excluding hydrogens is 211 g/mol. The molecule has 2 heteroatoms. The quantitative estimate of drug-likeness (QED) is 0.659. The summed E-state index contributed by atoms with van der Waals surface area (Å²) in [6.07, 6.45) is 2.46. The number of fused-ring (bicyclic) bond motifs is 1. The second-order valence-corrected chi connectivity index (χ2v) is 2.61. The van der Waals surface area contributed by atoms with Crippen LogP contribution in [0.2, 0.25) is 0 Å². The molecule has 0 saturated carbocycles. The van der Waals surface area contributed by atoms with Crippen LogP contribution in [0.4, 0.5) is 5.69 Å². The SMILES string of the molecule is [Y].[c-]1ccc2c(c1)CCCN2.